The minimum absolute atomic E-state index is 0.167. The van der Waals surface area contributed by atoms with Gasteiger partial charge in [-0.1, -0.05) is 24.3 Å². The third kappa shape index (κ3) is 7.27. The average molecular weight is 343 g/mol. The van der Waals surface area contributed by atoms with E-state index in [1.807, 2.05) is 48.3 Å². The van der Waals surface area contributed by atoms with Crippen LogP contribution in [0, 0.1) is 0 Å². The molecule has 0 unspecified atom stereocenters. The van der Waals surface area contributed by atoms with Crippen LogP contribution in [0.5, 0.6) is 11.5 Å². The molecule has 0 atom stereocenters. The standard InChI is InChI=1S/C20H25NO4/c1-21(13-11-20(23)24)12-2-14-25-19-9-5-17(6-10-19)15-16-3-7-18(22)8-4-16/h3-10,22H,2,11-15H2,1H3,(H,23,24). The van der Waals surface area contributed by atoms with Crippen LogP contribution in [-0.2, 0) is 11.2 Å². The van der Waals surface area contributed by atoms with Crippen LogP contribution in [-0.4, -0.2) is 47.8 Å². The van der Waals surface area contributed by atoms with Crippen molar-refractivity contribution in [1.82, 2.24) is 4.90 Å². The van der Waals surface area contributed by atoms with Gasteiger partial charge < -0.3 is 19.8 Å². The maximum Gasteiger partial charge on any atom is 0.304 e. The van der Waals surface area contributed by atoms with Crippen LogP contribution in [0.25, 0.3) is 0 Å². The van der Waals surface area contributed by atoms with E-state index in [9.17, 15) is 9.90 Å². The van der Waals surface area contributed by atoms with E-state index < -0.39 is 5.97 Å². The van der Waals surface area contributed by atoms with E-state index in [4.69, 9.17) is 9.84 Å². The maximum absolute atomic E-state index is 10.5. The fourth-order valence-corrected chi connectivity index (χ4v) is 2.48. The summed E-state index contributed by atoms with van der Waals surface area (Å²) in [6.07, 6.45) is 1.83. The molecule has 0 aromatic heterocycles. The quantitative estimate of drug-likeness (QED) is 0.649. The number of aromatic hydroxyl groups is 1. The Hall–Kier alpha value is -2.53. The van der Waals surface area contributed by atoms with E-state index >= 15 is 0 Å². The van der Waals surface area contributed by atoms with Gasteiger partial charge in [-0.15, -0.1) is 0 Å². The number of hydrogen-bond acceptors (Lipinski definition) is 4. The maximum atomic E-state index is 10.5. The van der Waals surface area contributed by atoms with Crippen molar-refractivity contribution < 1.29 is 19.7 Å². The summed E-state index contributed by atoms with van der Waals surface area (Å²) >= 11 is 0. The van der Waals surface area contributed by atoms with E-state index in [1.54, 1.807) is 12.1 Å². The van der Waals surface area contributed by atoms with Gasteiger partial charge in [-0.25, -0.2) is 0 Å². The van der Waals surface area contributed by atoms with E-state index in [2.05, 4.69) is 0 Å². The van der Waals surface area contributed by atoms with Gasteiger partial charge in [0.15, 0.2) is 0 Å². The van der Waals surface area contributed by atoms with Crippen LogP contribution >= 0.6 is 0 Å². The number of benzene rings is 2. The van der Waals surface area contributed by atoms with Gasteiger partial charge in [0.05, 0.1) is 13.0 Å². The van der Waals surface area contributed by atoms with E-state index in [1.165, 1.54) is 5.56 Å². The monoisotopic (exact) mass is 343 g/mol. The lowest BCUT2D eigenvalue weighted by Gasteiger charge is -2.15. The Morgan fingerprint density at radius 3 is 2.20 bits per heavy atom. The molecule has 0 amide bonds. The molecule has 0 bridgehead atoms. The first kappa shape index (κ1) is 18.8. The molecule has 0 fully saturated rings. The summed E-state index contributed by atoms with van der Waals surface area (Å²) in [5.74, 6) is 0.347. The van der Waals surface area contributed by atoms with Gasteiger partial charge >= 0.3 is 5.97 Å². The van der Waals surface area contributed by atoms with Crippen molar-refractivity contribution >= 4 is 5.97 Å². The Labute approximate surface area is 148 Å². The predicted octanol–water partition coefficient (Wildman–Crippen LogP) is 3.16. The molecule has 0 aliphatic heterocycles. The van der Waals surface area contributed by atoms with Gasteiger partial charge in [0.2, 0.25) is 0 Å². The molecule has 2 N–H and O–H groups in total. The lowest BCUT2D eigenvalue weighted by Crippen LogP contribution is -2.24. The van der Waals surface area contributed by atoms with Crippen LogP contribution in [0.15, 0.2) is 48.5 Å². The molecule has 0 heterocycles. The number of phenolic OH excluding ortho intramolecular Hbond substituents is 1. The Bertz CT molecular complexity index is 652. The van der Waals surface area contributed by atoms with Gasteiger partial charge in [-0.2, -0.15) is 0 Å². The predicted molar refractivity (Wildman–Crippen MR) is 97.2 cm³/mol. The lowest BCUT2D eigenvalue weighted by molar-refractivity contribution is -0.137. The first-order valence-electron chi connectivity index (χ1n) is 8.43. The fourth-order valence-electron chi connectivity index (χ4n) is 2.48. The van der Waals surface area contributed by atoms with Crippen molar-refractivity contribution in [3.63, 3.8) is 0 Å². The highest BCUT2D eigenvalue weighted by Gasteiger charge is 2.03. The molecule has 0 saturated heterocycles. The third-order valence-electron chi connectivity index (χ3n) is 3.93. The molecule has 25 heavy (non-hydrogen) atoms. The number of hydrogen-bond donors (Lipinski definition) is 2. The van der Waals surface area contributed by atoms with Crippen molar-refractivity contribution in [2.75, 3.05) is 26.7 Å². The molecule has 2 aromatic carbocycles. The summed E-state index contributed by atoms with van der Waals surface area (Å²) in [4.78, 5) is 12.5. The smallest absolute Gasteiger partial charge is 0.304 e. The number of carbonyl (C=O) groups is 1. The Morgan fingerprint density at radius 1 is 1.00 bits per heavy atom. The number of carboxylic acids is 1. The molecule has 0 aliphatic rings. The van der Waals surface area contributed by atoms with Crippen molar-refractivity contribution in [2.45, 2.75) is 19.3 Å². The van der Waals surface area contributed by atoms with Crippen LogP contribution in [0.2, 0.25) is 0 Å². The zero-order valence-corrected chi connectivity index (χ0v) is 14.5. The van der Waals surface area contributed by atoms with E-state index in [-0.39, 0.29) is 12.2 Å². The first-order valence-corrected chi connectivity index (χ1v) is 8.43. The Balaban J connectivity index is 1.69. The van der Waals surface area contributed by atoms with Crippen LogP contribution < -0.4 is 4.74 Å². The van der Waals surface area contributed by atoms with Crippen LogP contribution in [0.4, 0.5) is 0 Å². The summed E-state index contributed by atoms with van der Waals surface area (Å²) in [5.41, 5.74) is 2.34. The largest absolute Gasteiger partial charge is 0.508 e. The summed E-state index contributed by atoms with van der Waals surface area (Å²) in [7, 11) is 1.92. The molecule has 0 spiro atoms. The molecule has 0 radical (unpaired) electrons. The van der Waals surface area contributed by atoms with Gasteiger partial charge in [-0.3, -0.25) is 4.79 Å². The van der Waals surface area contributed by atoms with Gasteiger partial charge in [0.1, 0.15) is 11.5 Å². The highest BCUT2D eigenvalue weighted by atomic mass is 16.5. The van der Waals surface area contributed by atoms with Crippen molar-refractivity contribution in [2.24, 2.45) is 0 Å². The summed E-state index contributed by atoms with van der Waals surface area (Å²) < 4.78 is 5.73. The molecule has 0 aliphatic carbocycles. The van der Waals surface area contributed by atoms with Crippen LogP contribution in [0.1, 0.15) is 24.0 Å². The second kappa shape index (κ2) is 9.69. The highest BCUT2D eigenvalue weighted by molar-refractivity contribution is 5.66. The van der Waals surface area contributed by atoms with Gasteiger partial charge in [0.25, 0.3) is 0 Å². The number of carboxylic acid groups (broad SMARTS) is 1. The number of rotatable bonds is 10. The normalized spacial score (nSPS) is 10.8. The molecule has 134 valence electrons. The molecule has 5 nitrogen and oxygen atoms in total. The molecule has 2 rings (SSSR count). The zero-order valence-electron chi connectivity index (χ0n) is 14.5. The number of nitrogens with zero attached hydrogens (tertiary/aromatic N) is 1. The lowest BCUT2D eigenvalue weighted by atomic mass is 10.0. The SMILES string of the molecule is CN(CCCOc1ccc(Cc2ccc(O)cc2)cc1)CCC(=O)O. The van der Waals surface area contributed by atoms with Crippen LogP contribution in [0.3, 0.4) is 0 Å². The van der Waals surface area contributed by atoms with Gasteiger partial charge in [0, 0.05) is 13.1 Å². The zero-order chi connectivity index (χ0) is 18.1. The summed E-state index contributed by atoms with van der Waals surface area (Å²) in [6.45, 7) is 1.97. The van der Waals surface area contributed by atoms with Gasteiger partial charge in [-0.05, 0) is 55.3 Å². The fraction of sp³-hybridized carbons (Fsp3) is 0.350. The number of aliphatic carboxylic acids is 1. The molecular weight excluding hydrogens is 318 g/mol. The van der Waals surface area contributed by atoms with Crippen molar-refractivity contribution in [3.8, 4) is 11.5 Å². The molecule has 0 saturated carbocycles. The third-order valence-corrected chi connectivity index (χ3v) is 3.93. The average Bonchev–Trinajstić information content (AvgIpc) is 2.60. The Morgan fingerprint density at radius 2 is 1.60 bits per heavy atom. The first-order chi connectivity index (χ1) is 12.0. The second-order valence-corrected chi connectivity index (χ2v) is 6.14. The summed E-state index contributed by atoms with van der Waals surface area (Å²) in [6, 6.07) is 15.2. The molecular formula is C20H25NO4. The minimum atomic E-state index is -0.768. The van der Waals surface area contributed by atoms with E-state index in [0.29, 0.717) is 13.2 Å². The molecule has 5 heteroatoms. The number of ether oxygens (including phenoxy) is 1. The highest BCUT2D eigenvalue weighted by Crippen LogP contribution is 2.17. The molecule has 2 aromatic rings. The topological polar surface area (TPSA) is 70.0 Å². The van der Waals surface area contributed by atoms with Crippen molar-refractivity contribution in [3.05, 3.63) is 59.7 Å². The van der Waals surface area contributed by atoms with Crippen molar-refractivity contribution in [1.29, 1.82) is 0 Å². The number of phenols is 1. The summed E-state index contributed by atoms with van der Waals surface area (Å²) in [5, 5.41) is 18.0. The Kier molecular flexibility index (Phi) is 7.29. The second-order valence-electron chi connectivity index (χ2n) is 6.14. The minimum Gasteiger partial charge on any atom is -0.508 e. The van der Waals surface area contributed by atoms with E-state index in [0.717, 1.165) is 30.7 Å².